The minimum absolute atomic E-state index is 0.122. The maximum atomic E-state index is 8.38. The number of aliphatic hydroxyl groups excluding tert-OH is 1. The number of rotatable bonds is 4. The van der Waals surface area contributed by atoms with Crippen molar-refractivity contribution >= 4 is 0 Å². The summed E-state index contributed by atoms with van der Waals surface area (Å²) in [5.74, 6) is 2.56. The second kappa shape index (κ2) is 5.61. The molecular weight excluding hydrogens is 114 g/mol. The summed E-state index contributed by atoms with van der Waals surface area (Å²) in [5.41, 5.74) is 0. The molecular formula is C7H13NO. The normalized spacial score (nSPS) is 12.6. The van der Waals surface area contributed by atoms with Gasteiger partial charge in [-0.3, -0.25) is 0 Å². The van der Waals surface area contributed by atoms with Gasteiger partial charge in [-0.2, -0.15) is 0 Å². The molecule has 1 atom stereocenters. The van der Waals surface area contributed by atoms with Gasteiger partial charge in [-0.05, 0) is 6.42 Å². The summed E-state index contributed by atoms with van der Waals surface area (Å²) >= 11 is 0. The van der Waals surface area contributed by atoms with Crippen LogP contribution in [0.25, 0.3) is 0 Å². The minimum Gasteiger partial charge on any atom is -0.395 e. The van der Waals surface area contributed by atoms with Gasteiger partial charge in [0.05, 0.1) is 12.6 Å². The third kappa shape index (κ3) is 4.01. The molecule has 0 amide bonds. The fourth-order valence-corrected chi connectivity index (χ4v) is 0.560. The van der Waals surface area contributed by atoms with Gasteiger partial charge in [0, 0.05) is 6.54 Å². The van der Waals surface area contributed by atoms with Crippen molar-refractivity contribution in [2.75, 3.05) is 13.2 Å². The average molecular weight is 127 g/mol. The van der Waals surface area contributed by atoms with E-state index in [1.807, 2.05) is 6.92 Å². The standard InChI is InChI=1S/C7H13NO/c1-3-7(4-2)8-5-6-9/h1,7-9H,4-6H2,2H3. The molecule has 0 rings (SSSR count). The Labute approximate surface area is 56.3 Å². The van der Waals surface area contributed by atoms with E-state index in [9.17, 15) is 0 Å². The predicted molar refractivity (Wildman–Crippen MR) is 38.0 cm³/mol. The first-order valence-corrected chi connectivity index (χ1v) is 3.15. The van der Waals surface area contributed by atoms with E-state index >= 15 is 0 Å². The van der Waals surface area contributed by atoms with Crippen LogP contribution in [0.1, 0.15) is 13.3 Å². The van der Waals surface area contributed by atoms with Gasteiger partial charge in [0.15, 0.2) is 0 Å². The van der Waals surface area contributed by atoms with Crippen LogP contribution in [0.2, 0.25) is 0 Å². The van der Waals surface area contributed by atoms with E-state index < -0.39 is 0 Å². The zero-order chi connectivity index (χ0) is 7.11. The summed E-state index contributed by atoms with van der Waals surface area (Å²) in [5, 5.41) is 11.4. The molecule has 1 unspecified atom stereocenters. The van der Waals surface area contributed by atoms with E-state index in [0.717, 1.165) is 6.42 Å². The quantitative estimate of drug-likeness (QED) is 0.520. The molecule has 0 fully saturated rings. The Morgan fingerprint density at radius 3 is 2.78 bits per heavy atom. The van der Waals surface area contributed by atoms with Crippen LogP contribution >= 0.6 is 0 Å². The SMILES string of the molecule is C#CC(CC)NCCO. The second-order valence-electron chi connectivity index (χ2n) is 1.81. The molecule has 0 aromatic heterocycles. The first-order valence-electron chi connectivity index (χ1n) is 3.15. The zero-order valence-corrected chi connectivity index (χ0v) is 5.72. The van der Waals surface area contributed by atoms with Crippen molar-refractivity contribution in [2.45, 2.75) is 19.4 Å². The van der Waals surface area contributed by atoms with Gasteiger partial charge in [0.2, 0.25) is 0 Å². The van der Waals surface area contributed by atoms with Gasteiger partial charge in [0.1, 0.15) is 0 Å². The third-order valence-corrected chi connectivity index (χ3v) is 1.11. The molecule has 0 heterocycles. The van der Waals surface area contributed by atoms with E-state index in [2.05, 4.69) is 11.2 Å². The van der Waals surface area contributed by atoms with Crippen molar-refractivity contribution < 1.29 is 5.11 Å². The number of nitrogens with one attached hydrogen (secondary N) is 1. The Balaban J connectivity index is 3.23. The Bertz CT molecular complexity index is 95.6. The summed E-state index contributed by atoms with van der Waals surface area (Å²) < 4.78 is 0. The van der Waals surface area contributed by atoms with Gasteiger partial charge >= 0.3 is 0 Å². The number of hydrogen-bond acceptors (Lipinski definition) is 2. The molecule has 0 bridgehead atoms. The fraction of sp³-hybridized carbons (Fsp3) is 0.714. The lowest BCUT2D eigenvalue weighted by atomic mass is 10.2. The molecule has 0 saturated heterocycles. The summed E-state index contributed by atoms with van der Waals surface area (Å²) in [4.78, 5) is 0. The van der Waals surface area contributed by atoms with Gasteiger partial charge in [-0.25, -0.2) is 0 Å². The molecule has 52 valence electrons. The van der Waals surface area contributed by atoms with Crippen molar-refractivity contribution in [3.05, 3.63) is 0 Å². The molecule has 0 aromatic rings. The molecule has 2 N–H and O–H groups in total. The lowest BCUT2D eigenvalue weighted by molar-refractivity contribution is 0.288. The Morgan fingerprint density at radius 2 is 2.44 bits per heavy atom. The van der Waals surface area contributed by atoms with Gasteiger partial charge in [-0.15, -0.1) is 6.42 Å². The molecule has 2 nitrogen and oxygen atoms in total. The van der Waals surface area contributed by atoms with Gasteiger partial charge in [0.25, 0.3) is 0 Å². The fourth-order valence-electron chi connectivity index (χ4n) is 0.560. The lowest BCUT2D eigenvalue weighted by Crippen LogP contribution is -2.29. The molecule has 0 aliphatic carbocycles. The number of hydrogen-bond donors (Lipinski definition) is 2. The van der Waals surface area contributed by atoms with E-state index in [1.165, 1.54) is 0 Å². The highest BCUT2D eigenvalue weighted by atomic mass is 16.3. The largest absolute Gasteiger partial charge is 0.395 e. The van der Waals surface area contributed by atoms with Crippen LogP contribution < -0.4 is 5.32 Å². The molecule has 0 saturated carbocycles. The second-order valence-corrected chi connectivity index (χ2v) is 1.81. The number of terminal acetylenes is 1. The molecule has 0 aromatic carbocycles. The van der Waals surface area contributed by atoms with Crippen LogP contribution in [0.4, 0.5) is 0 Å². The van der Waals surface area contributed by atoms with Crippen molar-refractivity contribution in [3.8, 4) is 12.3 Å². The van der Waals surface area contributed by atoms with E-state index in [4.69, 9.17) is 11.5 Å². The highest BCUT2D eigenvalue weighted by Crippen LogP contribution is 1.85. The van der Waals surface area contributed by atoms with Gasteiger partial charge < -0.3 is 10.4 Å². The molecule has 0 aliphatic rings. The van der Waals surface area contributed by atoms with Crippen molar-refractivity contribution in [1.29, 1.82) is 0 Å². The smallest absolute Gasteiger partial charge is 0.0685 e. The van der Waals surface area contributed by atoms with Crippen LogP contribution in [0, 0.1) is 12.3 Å². The van der Waals surface area contributed by atoms with Crippen LogP contribution in [0.5, 0.6) is 0 Å². The van der Waals surface area contributed by atoms with Gasteiger partial charge in [-0.1, -0.05) is 12.8 Å². The summed E-state index contributed by atoms with van der Waals surface area (Å²) in [6.45, 7) is 2.75. The lowest BCUT2D eigenvalue weighted by Gasteiger charge is -2.07. The Hall–Kier alpha value is -0.520. The first kappa shape index (κ1) is 8.48. The van der Waals surface area contributed by atoms with Crippen LogP contribution in [-0.4, -0.2) is 24.3 Å². The number of aliphatic hydroxyl groups is 1. The van der Waals surface area contributed by atoms with E-state index in [-0.39, 0.29) is 12.6 Å². The maximum Gasteiger partial charge on any atom is 0.0685 e. The van der Waals surface area contributed by atoms with Crippen LogP contribution in [0.3, 0.4) is 0 Å². The predicted octanol–water partition coefficient (Wildman–Crippen LogP) is -0.0199. The Kier molecular flexibility index (Phi) is 5.29. The van der Waals surface area contributed by atoms with E-state index in [0.29, 0.717) is 6.54 Å². The summed E-state index contributed by atoms with van der Waals surface area (Å²) in [7, 11) is 0. The molecule has 9 heavy (non-hydrogen) atoms. The molecule has 0 aliphatic heterocycles. The van der Waals surface area contributed by atoms with Crippen molar-refractivity contribution in [1.82, 2.24) is 5.32 Å². The molecule has 2 heteroatoms. The highest BCUT2D eigenvalue weighted by Gasteiger charge is 1.96. The van der Waals surface area contributed by atoms with Crippen molar-refractivity contribution in [3.63, 3.8) is 0 Å². The van der Waals surface area contributed by atoms with Crippen molar-refractivity contribution in [2.24, 2.45) is 0 Å². The minimum atomic E-state index is 0.122. The first-order chi connectivity index (χ1) is 4.35. The topological polar surface area (TPSA) is 32.3 Å². The Morgan fingerprint density at radius 1 is 1.78 bits per heavy atom. The third-order valence-electron chi connectivity index (χ3n) is 1.11. The van der Waals surface area contributed by atoms with Crippen LogP contribution in [-0.2, 0) is 0 Å². The summed E-state index contributed by atoms with van der Waals surface area (Å²) in [6, 6.07) is 0.122. The zero-order valence-electron chi connectivity index (χ0n) is 5.72. The van der Waals surface area contributed by atoms with E-state index in [1.54, 1.807) is 0 Å². The maximum absolute atomic E-state index is 8.38. The monoisotopic (exact) mass is 127 g/mol. The van der Waals surface area contributed by atoms with Crippen LogP contribution in [0.15, 0.2) is 0 Å². The molecule has 0 radical (unpaired) electrons. The molecule has 0 spiro atoms. The average Bonchev–Trinajstić information content (AvgIpc) is 1.91. The summed E-state index contributed by atoms with van der Waals surface area (Å²) in [6.07, 6.45) is 6.04. The highest BCUT2D eigenvalue weighted by molar-refractivity contribution is 4.97.